The van der Waals surface area contributed by atoms with Crippen molar-refractivity contribution in [2.24, 2.45) is 5.92 Å². The fourth-order valence-electron chi connectivity index (χ4n) is 5.24. The van der Waals surface area contributed by atoms with E-state index in [0.717, 1.165) is 25.7 Å². The van der Waals surface area contributed by atoms with E-state index in [1.807, 2.05) is 4.90 Å². The van der Waals surface area contributed by atoms with Crippen LogP contribution in [-0.4, -0.2) is 44.3 Å². The fraction of sp³-hybridized carbons (Fsp3) is 0.481. The van der Waals surface area contributed by atoms with Gasteiger partial charge in [-0.1, -0.05) is 72.3 Å². The molecule has 1 atom stereocenters. The third kappa shape index (κ3) is 7.63. The van der Waals surface area contributed by atoms with Gasteiger partial charge in [-0.15, -0.1) is 0 Å². The summed E-state index contributed by atoms with van der Waals surface area (Å²) < 4.78 is 29.0. The van der Waals surface area contributed by atoms with Crippen LogP contribution in [0.3, 0.4) is 0 Å². The van der Waals surface area contributed by atoms with Gasteiger partial charge in [0.1, 0.15) is 0 Å². The maximum Gasteiger partial charge on any atom is 0.241 e. The molecule has 38 heavy (non-hydrogen) atoms. The lowest BCUT2D eigenvalue weighted by Crippen LogP contribution is -2.48. The molecule has 1 aliphatic carbocycles. The summed E-state index contributed by atoms with van der Waals surface area (Å²) in [6.07, 6.45) is 6.54. The van der Waals surface area contributed by atoms with Crippen molar-refractivity contribution in [3.63, 3.8) is 0 Å². The molecule has 11 heteroatoms. The van der Waals surface area contributed by atoms with Crippen LogP contribution >= 0.6 is 34.8 Å². The van der Waals surface area contributed by atoms with Crippen LogP contribution in [0.1, 0.15) is 63.0 Å². The fourth-order valence-corrected chi connectivity index (χ4v) is 7.44. The summed E-state index contributed by atoms with van der Waals surface area (Å²) in [5.41, 5.74) is 0.480. The van der Waals surface area contributed by atoms with Gasteiger partial charge in [-0.25, -0.2) is 13.1 Å². The molecule has 1 unspecified atom stereocenters. The number of carbonyl (C=O) groups is 2. The third-order valence-electron chi connectivity index (χ3n) is 7.24. The van der Waals surface area contributed by atoms with E-state index in [1.54, 1.807) is 24.3 Å². The second-order valence-electron chi connectivity index (χ2n) is 10.0. The number of piperidine rings is 1. The maximum absolute atomic E-state index is 13.2. The second kappa shape index (κ2) is 13.0. The summed E-state index contributed by atoms with van der Waals surface area (Å²) in [7, 11) is -4.08. The van der Waals surface area contributed by atoms with Gasteiger partial charge < -0.3 is 10.2 Å². The van der Waals surface area contributed by atoms with Gasteiger partial charge in [-0.3, -0.25) is 9.59 Å². The summed E-state index contributed by atoms with van der Waals surface area (Å²) in [4.78, 5) is 27.8. The van der Waals surface area contributed by atoms with Gasteiger partial charge in [0.25, 0.3) is 0 Å². The number of hydrogen-bond donors (Lipinski definition) is 2. The number of amides is 2. The first kappa shape index (κ1) is 29.2. The Balaban J connectivity index is 1.40. The number of likely N-dealkylation sites (tertiary alicyclic amines) is 1. The number of benzene rings is 2. The molecule has 0 aromatic heterocycles. The van der Waals surface area contributed by atoms with Crippen molar-refractivity contribution in [3.05, 3.63) is 63.1 Å². The van der Waals surface area contributed by atoms with Gasteiger partial charge >= 0.3 is 0 Å². The third-order valence-corrected chi connectivity index (χ3v) is 9.47. The average Bonchev–Trinajstić information content (AvgIpc) is 2.88. The zero-order valence-corrected chi connectivity index (χ0v) is 24.1. The van der Waals surface area contributed by atoms with E-state index in [4.69, 9.17) is 34.8 Å². The number of rotatable bonds is 8. The lowest BCUT2D eigenvalue weighted by Gasteiger charge is -2.35. The summed E-state index contributed by atoms with van der Waals surface area (Å²) >= 11 is 18.4. The topological polar surface area (TPSA) is 95.6 Å². The number of halogens is 3. The quantitative estimate of drug-likeness (QED) is 0.404. The zero-order valence-electron chi connectivity index (χ0n) is 21.0. The molecule has 2 fully saturated rings. The van der Waals surface area contributed by atoms with E-state index in [9.17, 15) is 18.0 Å². The molecule has 2 amide bonds. The van der Waals surface area contributed by atoms with Crippen LogP contribution in [0.5, 0.6) is 0 Å². The van der Waals surface area contributed by atoms with Crippen LogP contribution < -0.4 is 10.0 Å². The van der Waals surface area contributed by atoms with Crippen molar-refractivity contribution in [2.75, 3.05) is 13.1 Å². The van der Waals surface area contributed by atoms with Crippen LogP contribution in [0.2, 0.25) is 15.1 Å². The molecule has 4 rings (SSSR count). The Hall–Kier alpha value is -1.84. The molecule has 1 heterocycles. The Labute approximate surface area is 239 Å². The highest BCUT2D eigenvalue weighted by atomic mass is 35.5. The molecule has 7 nitrogen and oxygen atoms in total. The zero-order chi connectivity index (χ0) is 27.3. The normalized spacial score (nSPS) is 18.2. The van der Waals surface area contributed by atoms with E-state index < -0.39 is 16.1 Å². The first-order valence-corrected chi connectivity index (χ1v) is 15.5. The number of sulfonamides is 1. The van der Waals surface area contributed by atoms with Crippen molar-refractivity contribution >= 4 is 56.6 Å². The van der Waals surface area contributed by atoms with Crippen LogP contribution in [0.4, 0.5) is 0 Å². The van der Waals surface area contributed by atoms with Crippen molar-refractivity contribution in [1.82, 2.24) is 14.9 Å². The summed E-state index contributed by atoms with van der Waals surface area (Å²) in [6, 6.07) is 9.81. The first-order chi connectivity index (χ1) is 18.1. The molecular formula is C27H32Cl3N3O4S. The highest BCUT2D eigenvalue weighted by Gasteiger charge is 2.31. The molecule has 1 saturated heterocycles. The molecule has 0 spiro atoms. The van der Waals surface area contributed by atoms with E-state index in [-0.39, 0.29) is 45.1 Å². The van der Waals surface area contributed by atoms with Crippen molar-refractivity contribution in [3.8, 4) is 0 Å². The standard InChI is InChI=1S/C27H32Cl3N3O4S/c28-19-14-20(29)16-22(15-19)38(36,37)32-25(23-8-4-5-9-24(23)30)17-26(34)31-21-10-12-33(13-11-21)27(35)18-6-2-1-3-7-18/h4-5,8-9,14-16,18,21,25,32H,1-3,6-7,10-13,17H2,(H,31,34). The molecule has 1 aliphatic heterocycles. The van der Waals surface area contributed by atoms with E-state index in [2.05, 4.69) is 10.0 Å². The second-order valence-corrected chi connectivity index (χ2v) is 13.0. The van der Waals surface area contributed by atoms with Crippen molar-refractivity contribution < 1.29 is 18.0 Å². The number of nitrogens with zero attached hydrogens (tertiary/aromatic N) is 1. The van der Waals surface area contributed by atoms with Gasteiger partial charge in [0.2, 0.25) is 21.8 Å². The summed E-state index contributed by atoms with van der Waals surface area (Å²) in [5.74, 6) is 0.0660. The minimum absolute atomic E-state index is 0.0897. The molecule has 2 aromatic rings. The van der Waals surface area contributed by atoms with E-state index in [1.165, 1.54) is 24.6 Å². The van der Waals surface area contributed by atoms with Crippen LogP contribution in [-0.2, 0) is 19.6 Å². The average molecular weight is 601 g/mol. The predicted octanol–water partition coefficient (Wildman–Crippen LogP) is 5.74. The molecule has 1 saturated carbocycles. The Morgan fingerprint density at radius 1 is 0.921 bits per heavy atom. The van der Waals surface area contributed by atoms with Gasteiger partial charge in [0.05, 0.1) is 10.9 Å². The number of carbonyl (C=O) groups excluding carboxylic acids is 2. The van der Waals surface area contributed by atoms with Gasteiger partial charge in [-0.05, 0) is 55.5 Å². The van der Waals surface area contributed by atoms with Crippen LogP contribution in [0, 0.1) is 5.92 Å². The number of hydrogen-bond acceptors (Lipinski definition) is 4. The smallest absolute Gasteiger partial charge is 0.241 e. The molecule has 206 valence electrons. The van der Waals surface area contributed by atoms with Crippen molar-refractivity contribution in [1.29, 1.82) is 0 Å². The highest BCUT2D eigenvalue weighted by Crippen LogP contribution is 2.30. The molecule has 2 aliphatic rings. The molecule has 2 N–H and O–H groups in total. The van der Waals surface area contributed by atoms with E-state index >= 15 is 0 Å². The summed E-state index contributed by atoms with van der Waals surface area (Å²) in [5, 5.41) is 3.72. The predicted molar refractivity (Wildman–Crippen MR) is 150 cm³/mol. The van der Waals surface area contributed by atoms with Crippen LogP contribution in [0.15, 0.2) is 47.4 Å². The van der Waals surface area contributed by atoms with Gasteiger partial charge in [-0.2, -0.15) is 0 Å². The Kier molecular flexibility index (Phi) is 9.98. The first-order valence-electron chi connectivity index (χ1n) is 12.9. The lowest BCUT2D eigenvalue weighted by molar-refractivity contribution is -0.137. The Morgan fingerprint density at radius 2 is 1.55 bits per heavy atom. The maximum atomic E-state index is 13.2. The SMILES string of the molecule is O=C(CC(NS(=O)(=O)c1cc(Cl)cc(Cl)c1)c1ccccc1Cl)NC1CCN(C(=O)C2CCCCC2)CC1. The largest absolute Gasteiger partial charge is 0.353 e. The summed E-state index contributed by atoms with van der Waals surface area (Å²) in [6.45, 7) is 1.22. The lowest BCUT2D eigenvalue weighted by atomic mass is 9.87. The molecular weight excluding hydrogens is 569 g/mol. The van der Waals surface area contributed by atoms with Crippen LogP contribution in [0.25, 0.3) is 0 Å². The van der Waals surface area contributed by atoms with Crippen molar-refractivity contribution in [2.45, 2.75) is 68.3 Å². The van der Waals surface area contributed by atoms with E-state index in [0.29, 0.717) is 36.5 Å². The van der Waals surface area contributed by atoms with Gasteiger partial charge in [0, 0.05) is 46.5 Å². The van der Waals surface area contributed by atoms with Gasteiger partial charge in [0.15, 0.2) is 0 Å². The molecule has 0 radical (unpaired) electrons. The monoisotopic (exact) mass is 599 g/mol. The minimum Gasteiger partial charge on any atom is -0.353 e. The molecule has 2 aromatic carbocycles. The highest BCUT2D eigenvalue weighted by molar-refractivity contribution is 7.89. The minimum atomic E-state index is -4.08. The molecule has 0 bridgehead atoms. The Bertz CT molecular complexity index is 1240. The Morgan fingerprint density at radius 3 is 2.18 bits per heavy atom. The number of nitrogens with one attached hydrogen (secondary N) is 2.